The molecular weight excluding hydrogens is 391 g/mol. The van der Waals surface area contributed by atoms with Crippen molar-refractivity contribution in [3.05, 3.63) is 64.4 Å². The molecule has 1 aliphatic carbocycles. The van der Waals surface area contributed by atoms with Gasteiger partial charge in [0.25, 0.3) is 5.70 Å². The summed E-state index contributed by atoms with van der Waals surface area (Å²) in [4.78, 5) is 5.70. The Labute approximate surface area is 165 Å². The van der Waals surface area contributed by atoms with Crippen molar-refractivity contribution in [2.45, 2.75) is 33.1 Å². The molecule has 0 saturated heterocycles. The summed E-state index contributed by atoms with van der Waals surface area (Å²) in [6, 6.07) is 5.95. The number of allylic oxidation sites excluding steroid dienone is 4. The van der Waals surface area contributed by atoms with Crippen LogP contribution in [0.15, 0.2) is 23.4 Å². The quantitative estimate of drug-likeness (QED) is 0.383. The van der Waals surface area contributed by atoms with Crippen LogP contribution in [0.2, 0.25) is 8.67 Å². The first-order valence-corrected chi connectivity index (χ1v) is 10.1. The molecule has 0 radical (unpaired) electrons. The highest BCUT2D eigenvalue weighted by atomic mass is 35.5. The molecule has 0 saturated carbocycles. The highest BCUT2D eigenvalue weighted by Crippen LogP contribution is 2.47. The lowest BCUT2D eigenvalue weighted by Gasteiger charge is -2.13. The van der Waals surface area contributed by atoms with Crippen molar-refractivity contribution < 1.29 is 0 Å². The van der Waals surface area contributed by atoms with Gasteiger partial charge in [0.05, 0.1) is 21.3 Å². The highest BCUT2D eigenvalue weighted by molar-refractivity contribution is 7.16. The minimum atomic E-state index is 0.131. The molecular formula is C19H14Cl2N2S2. The number of hydrogen-bond donors (Lipinski definition) is 0. The monoisotopic (exact) mass is 404 g/mol. The largest absolute Gasteiger partial charge is 0.269 e. The SMILES string of the molecule is [C-]#[N+]C(C#N)=C(C1=C(c2cc(Cl)sc2C)CCC1)c1cc(Cl)sc1C. The summed E-state index contributed by atoms with van der Waals surface area (Å²) in [5, 5.41) is 9.54. The number of thiophene rings is 2. The lowest BCUT2D eigenvalue weighted by Crippen LogP contribution is -1.95. The van der Waals surface area contributed by atoms with E-state index in [0.717, 1.165) is 50.7 Å². The predicted molar refractivity (Wildman–Crippen MR) is 108 cm³/mol. The van der Waals surface area contributed by atoms with Gasteiger partial charge in [-0.3, -0.25) is 0 Å². The van der Waals surface area contributed by atoms with Crippen LogP contribution >= 0.6 is 45.9 Å². The second kappa shape index (κ2) is 7.36. The third kappa shape index (κ3) is 3.41. The Morgan fingerprint density at radius 2 is 1.84 bits per heavy atom. The van der Waals surface area contributed by atoms with Crippen LogP contribution in [0.25, 0.3) is 16.0 Å². The standard InChI is InChI=1S/C19H14Cl2N2S2/c1-10-14(7-17(20)24-10)12-5-4-6-13(12)19(16(9-22)23-3)15-8-18(21)25-11(15)2/h7-8H,4-6H2,1-2H3. The van der Waals surface area contributed by atoms with Gasteiger partial charge in [-0.05, 0) is 67.5 Å². The molecule has 0 aromatic carbocycles. The second-order valence-electron chi connectivity index (χ2n) is 5.80. The minimum Gasteiger partial charge on any atom is -0.226 e. The lowest BCUT2D eigenvalue weighted by atomic mass is 9.91. The fourth-order valence-corrected chi connectivity index (χ4v) is 5.74. The lowest BCUT2D eigenvalue weighted by molar-refractivity contribution is 0.922. The van der Waals surface area contributed by atoms with E-state index in [0.29, 0.717) is 4.34 Å². The van der Waals surface area contributed by atoms with Gasteiger partial charge in [-0.25, -0.2) is 10.1 Å². The molecule has 0 atom stereocenters. The molecule has 0 aliphatic heterocycles. The van der Waals surface area contributed by atoms with Crippen LogP contribution in [0, 0.1) is 31.8 Å². The predicted octanol–water partition coefficient (Wildman–Crippen LogP) is 7.52. The van der Waals surface area contributed by atoms with Crippen molar-refractivity contribution in [1.82, 2.24) is 0 Å². The van der Waals surface area contributed by atoms with Crippen LogP contribution < -0.4 is 0 Å². The van der Waals surface area contributed by atoms with Crippen molar-refractivity contribution in [1.29, 1.82) is 5.26 Å². The van der Waals surface area contributed by atoms with Gasteiger partial charge in [0.1, 0.15) is 0 Å². The van der Waals surface area contributed by atoms with Crippen molar-refractivity contribution >= 4 is 57.0 Å². The first kappa shape index (κ1) is 18.2. The van der Waals surface area contributed by atoms with Crippen molar-refractivity contribution in [3.63, 3.8) is 0 Å². The molecule has 6 heteroatoms. The Balaban J connectivity index is 2.30. The van der Waals surface area contributed by atoms with E-state index < -0.39 is 0 Å². The van der Waals surface area contributed by atoms with Gasteiger partial charge in [0.15, 0.2) is 0 Å². The maximum absolute atomic E-state index is 9.54. The third-order valence-corrected chi connectivity index (χ3v) is 6.70. The second-order valence-corrected chi connectivity index (χ2v) is 9.57. The molecule has 2 aromatic rings. The van der Waals surface area contributed by atoms with Gasteiger partial charge in [-0.2, -0.15) is 0 Å². The van der Waals surface area contributed by atoms with Crippen LogP contribution in [0.5, 0.6) is 0 Å². The van der Waals surface area contributed by atoms with E-state index in [2.05, 4.69) is 17.8 Å². The van der Waals surface area contributed by atoms with Gasteiger partial charge >= 0.3 is 0 Å². The van der Waals surface area contributed by atoms with E-state index in [1.165, 1.54) is 21.8 Å². The average molecular weight is 405 g/mol. The summed E-state index contributed by atoms with van der Waals surface area (Å²) in [5.74, 6) is 0. The smallest absolute Gasteiger partial charge is 0.226 e. The summed E-state index contributed by atoms with van der Waals surface area (Å²) in [5.41, 5.74) is 5.20. The van der Waals surface area contributed by atoms with E-state index in [9.17, 15) is 5.26 Å². The molecule has 0 fully saturated rings. The van der Waals surface area contributed by atoms with E-state index in [4.69, 9.17) is 29.8 Å². The molecule has 0 N–H and O–H groups in total. The van der Waals surface area contributed by atoms with Crippen molar-refractivity contribution in [2.75, 3.05) is 0 Å². The normalized spacial score (nSPS) is 15.1. The number of aryl methyl sites for hydroxylation is 2. The molecule has 0 bridgehead atoms. The van der Waals surface area contributed by atoms with Crippen LogP contribution in [0.1, 0.15) is 40.1 Å². The number of nitriles is 1. The Hall–Kier alpha value is -1.56. The van der Waals surface area contributed by atoms with Crippen molar-refractivity contribution in [2.24, 2.45) is 0 Å². The molecule has 2 aromatic heterocycles. The van der Waals surface area contributed by atoms with E-state index in [1.807, 2.05) is 19.1 Å². The number of halogens is 2. The van der Waals surface area contributed by atoms with Gasteiger partial charge in [-0.1, -0.05) is 23.2 Å². The molecule has 0 unspecified atom stereocenters. The zero-order valence-corrected chi connectivity index (χ0v) is 16.9. The molecule has 2 nitrogen and oxygen atoms in total. The number of rotatable bonds is 3. The molecule has 0 amide bonds. The summed E-state index contributed by atoms with van der Waals surface area (Å²) in [6.45, 7) is 11.5. The molecule has 0 spiro atoms. The first-order chi connectivity index (χ1) is 12.0. The van der Waals surface area contributed by atoms with Crippen LogP contribution in [0.4, 0.5) is 0 Å². The van der Waals surface area contributed by atoms with Gasteiger partial charge < -0.3 is 0 Å². The fraction of sp³-hybridized carbons (Fsp3) is 0.263. The number of nitrogens with zero attached hydrogens (tertiary/aromatic N) is 2. The number of hydrogen-bond acceptors (Lipinski definition) is 3. The summed E-state index contributed by atoms with van der Waals surface area (Å²) >= 11 is 15.4. The zero-order chi connectivity index (χ0) is 18.1. The Morgan fingerprint density at radius 3 is 2.36 bits per heavy atom. The maximum atomic E-state index is 9.54. The van der Waals surface area contributed by atoms with Crippen LogP contribution in [-0.4, -0.2) is 0 Å². The van der Waals surface area contributed by atoms with E-state index >= 15 is 0 Å². The minimum absolute atomic E-state index is 0.131. The molecule has 1 aliphatic rings. The average Bonchev–Trinajstić information content (AvgIpc) is 3.24. The summed E-state index contributed by atoms with van der Waals surface area (Å²) < 4.78 is 1.43. The Morgan fingerprint density at radius 1 is 1.16 bits per heavy atom. The third-order valence-electron chi connectivity index (χ3n) is 4.34. The highest BCUT2D eigenvalue weighted by Gasteiger charge is 2.26. The van der Waals surface area contributed by atoms with Gasteiger partial charge in [0.2, 0.25) is 0 Å². The Kier molecular flexibility index (Phi) is 5.37. The Bertz CT molecular complexity index is 978. The summed E-state index contributed by atoms with van der Waals surface area (Å²) in [7, 11) is 0. The van der Waals surface area contributed by atoms with Crippen LogP contribution in [-0.2, 0) is 0 Å². The van der Waals surface area contributed by atoms with Crippen LogP contribution in [0.3, 0.4) is 0 Å². The zero-order valence-electron chi connectivity index (χ0n) is 13.7. The molecule has 25 heavy (non-hydrogen) atoms. The van der Waals surface area contributed by atoms with E-state index in [1.54, 1.807) is 11.3 Å². The van der Waals surface area contributed by atoms with Crippen molar-refractivity contribution in [3.8, 4) is 6.07 Å². The fourth-order valence-electron chi connectivity index (χ4n) is 3.33. The molecule has 3 rings (SSSR count). The van der Waals surface area contributed by atoms with Gasteiger partial charge in [-0.15, -0.1) is 22.7 Å². The topological polar surface area (TPSA) is 28.1 Å². The summed E-state index contributed by atoms with van der Waals surface area (Å²) in [6.07, 6.45) is 2.79. The maximum Gasteiger partial charge on any atom is 0.269 e. The molecule has 126 valence electrons. The van der Waals surface area contributed by atoms with E-state index in [-0.39, 0.29) is 5.70 Å². The first-order valence-electron chi connectivity index (χ1n) is 7.73. The molecule has 2 heterocycles. The van der Waals surface area contributed by atoms with Gasteiger partial charge in [0, 0.05) is 15.3 Å².